The molecule has 0 aromatic heterocycles. The van der Waals surface area contributed by atoms with Crippen LogP contribution in [-0.2, 0) is 0 Å². The molecule has 0 bridgehead atoms. The van der Waals surface area contributed by atoms with Crippen LogP contribution in [0.5, 0.6) is 0 Å². The number of thioether (sulfide) groups is 1. The van der Waals surface area contributed by atoms with Crippen LogP contribution in [-0.4, -0.2) is 29.3 Å². The van der Waals surface area contributed by atoms with Gasteiger partial charge in [0.2, 0.25) is 0 Å². The number of nitrogens with zero attached hydrogens (tertiary/aromatic N) is 1. The number of aliphatic hydroxyl groups is 1. The summed E-state index contributed by atoms with van der Waals surface area (Å²) in [7, 11) is 0. The maximum atomic E-state index is 9.69. The first-order valence-corrected chi connectivity index (χ1v) is 8.92. The lowest BCUT2D eigenvalue weighted by Crippen LogP contribution is -2.41. The Kier molecular flexibility index (Phi) is 5.81. The molecule has 0 fully saturated rings. The van der Waals surface area contributed by atoms with Crippen molar-refractivity contribution in [3.8, 4) is 0 Å². The summed E-state index contributed by atoms with van der Waals surface area (Å²) in [5, 5.41) is 14.4. The van der Waals surface area contributed by atoms with Gasteiger partial charge >= 0.3 is 0 Å². The summed E-state index contributed by atoms with van der Waals surface area (Å²) >= 11 is 1.78. The first kappa shape index (κ1) is 17.2. The molecule has 0 saturated carbocycles. The third-order valence-electron chi connectivity index (χ3n) is 3.82. The van der Waals surface area contributed by atoms with E-state index in [4.69, 9.17) is 0 Å². The molecule has 0 radical (unpaired) electrons. The molecule has 1 aliphatic heterocycles. The van der Waals surface area contributed by atoms with Gasteiger partial charge in [-0.15, -0.1) is 0 Å². The fourth-order valence-electron chi connectivity index (χ4n) is 3.05. The lowest BCUT2D eigenvalue weighted by molar-refractivity contribution is 0.148. The lowest BCUT2D eigenvalue weighted by Gasteiger charge is -2.29. The van der Waals surface area contributed by atoms with Crippen molar-refractivity contribution in [3.05, 3.63) is 40.1 Å². The van der Waals surface area contributed by atoms with Gasteiger partial charge in [-0.2, -0.15) is 0 Å². The van der Waals surface area contributed by atoms with Crippen LogP contribution in [0.3, 0.4) is 0 Å². The molecule has 1 atom stereocenters. The van der Waals surface area contributed by atoms with Crippen LogP contribution in [0.15, 0.2) is 33.8 Å². The van der Waals surface area contributed by atoms with Crippen LogP contribution in [0.1, 0.15) is 38.3 Å². The Morgan fingerprint density at radius 1 is 1.23 bits per heavy atom. The van der Waals surface area contributed by atoms with Crippen molar-refractivity contribution < 1.29 is 5.11 Å². The van der Waals surface area contributed by atoms with Gasteiger partial charge in [-0.3, -0.25) is 0 Å². The van der Waals surface area contributed by atoms with Crippen LogP contribution >= 0.6 is 11.8 Å². The predicted octanol–water partition coefficient (Wildman–Crippen LogP) is 3.85. The number of hydrogen-bond donors (Lipinski definition) is 2. The molecule has 0 spiro atoms. The number of rotatable bonds is 6. The number of aryl methyl sites for hydroxylation is 2. The SMILES string of the molecule is CCCN1C(C(C)C)=C(Sc2cc(C)cc(C)c2)NC1CO. The normalized spacial score (nSPS) is 18.3. The van der Waals surface area contributed by atoms with Gasteiger partial charge in [0.05, 0.1) is 11.6 Å². The second-order valence-electron chi connectivity index (χ2n) is 6.33. The topological polar surface area (TPSA) is 35.5 Å². The molecule has 1 heterocycles. The maximum Gasteiger partial charge on any atom is 0.123 e. The van der Waals surface area contributed by atoms with Gasteiger partial charge in [0.15, 0.2) is 0 Å². The number of aliphatic hydroxyl groups excluding tert-OH is 1. The molecule has 0 aliphatic carbocycles. The molecule has 1 unspecified atom stereocenters. The highest BCUT2D eigenvalue weighted by Crippen LogP contribution is 2.37. The summed E-state index contributed by atoms with van der Waals surface area (Å²) in [6.07, 6.45) is 1.08. The van der Waals surface area contributed by atoms with Crippen molar-refractivity contribution in [1.82, 2.24) is 10.2 Å². The first-order valence-electron chi connectivity index (χ1n) is 8.10. The average molecular weight is 321 g/mol. The minimum atomic E-state index is 0.00533. The molecule has 1 aliphatic rings. The van der Waals surface area contributed by atoms with Gasteiger partial charge in [0, 0.05) is 17.1 Å². The van der Waals surface area contributed by atoms with Gasteiger partial charge in [0.1, 0.15) is 6.17 Å². The highest BCUT2D eigenvalue weighted by atomic mass is 32.2. The monoisotopic (exact) mass is 320 g/mol. The predicted molar refractivity (Wildman–Crippen MR) is 94.6 cm³/mol. The standard InChI is InChI=1S/C18H28N2OS/c1-6-7-20-16(11-21)19-18(17(20)12(2)3)22-15-9-13(4)8-14(5)10-15/h8-10,12,16,19,21H,6-7,11H2,1-5H3. The molecule has 122 valence electrons. The molecule has 1 aromatic carbocycles. The molecular weight excluding hydrogens is 292 g/mol. The van der Waals surface area contributed by atoms with E-state index in [1.807, 2.05) is 0 Å². The van der Waals surface area contributed by atoms with E-state index in [0.717, 1.165) is 13.0 Å². The molecule has 1 aromatic rings. The Balaban J connectivity index is 2.32. The van der Waals surface area contributed by atoms with Crippen LogP contribution in [0.25, 0.3) is 0 Å². The number of hydrogen-bond acceptors (Lipinski definition) is 4. The molecule has 2 N–H and O–H groups in total. The fourth-order valence-corrected chi connectivity index (χ4v) is 4.43. The molecule has 0 amide bonds. The fraction of sp³-hybridized carbons (Fsp3) is 0.556. The van der Waals surface area contributed by atoms with Crippen LogP contribution in [0, 0.1) is 19.8 Å². The Morgan fingerprint density at radius 2 is 1.86 bits per heavy atom. The first-order chi connectivity index (χ1) is 10.5. The second-order valence-corrected chi connectivity index (χ2v) is 7.41. The summed E-state index contributed by atoms with van der Waals surface area (Å²) in [6, 6.07) is 6.64. The van der Waals surface area contributed by atoms with Crippen molar-refractivity contribution in [2.75, 3.05) is 13.2 Å². The van der Waals surface area contributed by atoms with Crippen molar-refractivity contribution in [1.29, 1.82) is 0 Å². The zero-order valence-electron chi connectivity index (χ0n) is 14.3. The zero-order chi connectivity index (χ0) is 16.3. The van der Waals surface area contributed by atoms with E-state index >= 15 is 0 Å². The smallest absolute Gasteiger partial charge is 0.123 e. The molecule has 0 saturated heterocycles. The van der Waals surface area contributed by atoms with Gasteiger partial charge in [-0.25, -0.2) is 0 Å². The maximum absolute atomic E-state index is 9.69. The Labute approximate surface area is 138 Å². The number of nitrogens with one attached hydrogen (secondary N) is 1. The minimum absolute atomic E-state index is 0.00533. The highest BCUT2D eigenvalue weighted by molar-refractivity contribution is 8.03. The minimum Gasteiger partial charge on any atom is -0.392 e. The van der Waals surface area contributed by atoms with Crippen molar-refractivity contribution in [2.24, 2.45) is 5.92 Å². The summed E-state index contributed by atoms with van der Waals surface area (Å²) in [5.41, 5.74) is 3.90. The molecule has 4 heteroatoms. The van der Waals surface area contributed by atoms with Crippen molar-refractivity contribution in [2.45, 2.75) is 52.1 Å². The van der Waals surface area contributed by atoms with Gasteiger partial charge in [0.25, 0.3) is 0 Å². The molecule has 2 rings (SSSR count). The van der Waals surface area contributed by atoms with E-state index in [0.29, 0.717) is 5.92 Å². The van der Waals surface area contributed by atoms with Crippen LogP contribution in [0.4, 0.5) is 0 Å². The number of benzene rings is 1. The van der Waals surface area contributed by atoms with E-state index in [1.54, 1.807) is 11.8 Å². The van der Waals surface area contributed by atoms with Gasteiger partial charge in [-0.05, 0) is 49.4 Å². The largest absolute Gasteiger partial charge is 0.392 e. The summed E-state index contributed by atoms with van der Waals surface area (Å²) < 4.78 is 0. The van der Waals surface area contributed by atoms with E-state index < -0.39 is 0 Å². The quantitative estimate of drug-likeness (QED) is 0.834. The second kappa shape index (κ2) is 7.42. The molecular formula is C18H28N2OS. The Hall–Kier alpha value is -1.13. The lowest BCUT2D eigenvalue weighted by atomic mass is 10.1. The molecule has 3 nitrogen and oxygen atoms in total. The van der Waals surface area contributed by atoms with E-state index in [1.165, 1.54) is 26.7 Å². The summed E-state index contributed by atoms with van der Waals surface area (Å²) in [4.78, 5) is 3.59. The summed E-state index contributed by atoms with van der Waals surface area (Å²) in [6.45, 7) is 12.0. The van der Waals surface area contributed by atoms with Crippen molar-refractivity contribution >= 4 is 11.8 Å². The van der Waals surface area contributed by atoms with Gasteiger partial charge in [-0.1, -0.05) is 38.6 Å². The number of allylic oxidation sites excluding steroid dienone is 1. The third-order valence-corrected chi connectivity index (χ3v) is 4.82. The van der Waals surface area contributed by atoms with E-state index in [2.05, 4.69) is 63.0 Å². The highest BCUT2D eigenvalue weighted by Gasteiger charge is 2.32. The van der Waals surface area contributed by atoms with Crippen LogP contribution in [0.2, 0.25) is 0 Å². The average Bonchev–Trinajstić information content (AvgIpc) is 2.75. The van der Waals surface area contributed by atoms with Gasteiger partial charge < -0.3 is 15.3 Å². The zero-order valence-corrected chi connectivity index (χ0v) is 15.1. The summed E-state index contributed by atoms with van der Waals surface area (Å²) in [5.74, 6) is 0.434. The molecule has 22 heavy (non-hydrogen) atoms. The van der Waals surface area contributed by atoms with Crippen molar-refractivity contribution in [3.63, 3.8) is 0 Å². The van der Waals surface area contributed by atoms with E-state index in [-0.39, 0.29) is 12.8 Å². The van der Waals surface area contributed by atoms with E-state index in [9.17, 15) is 5.11 Å². The Morgan fingerprint density at radius 3 is 2.36 bits per heavy atom. The Bertz CT molecular complexity index is 534. The third kappa shape index (κ3) is 3.79. The van der Waals surface area contributed by atoms with Crippen LogP contribution < -0.4 is 5.32 Å².